The lowest BCUT2D eigenvalue weighted by Gasteiger charge is -1.91. The van der Waals surface area contributed by atoms with Crippen LogP contribution < -0.4 is 0 Å². The van der Waals surface area contributed by atoms with Gasteiger partial charge in [-0.3, -0.25) is 0 Å². The Morgan fingerprint density at radius 3 is 2.92 bits per heavy atom. The zero-order valence-electron chi connectivity index (χ0n) is 6.80. The Morgan fingerprint density at radius 2 is 2.25 bits per heavy atom. The number of alkyl halides is 1. The molecule has 0 bridgehead atoms. The van der Waals surface area contributed by atoms with Crippen LogP contribution in [0.5, 0.6) is 0 Å². The Hall–Kier alpha value is -0.530. The summed E-state index contributed by atoms with van der Waals surface area (Å²) in [5.74, 6) is 0.624. The lowest BCUT2D eigenvalue weighted by atomic mass is 10.1. The molecule has 0 fully saturated rings. The van der Waals surface area contributed by atoms with Crippen molar-refractivity contribution in [3.05, 3.63) is 34.7 Å². The minimum Gasteiger partial charge on any atom is -0.139 e. The molecule has 1 aromatic heterocycles. The number of fused-ring (bicyclic) bond motifs is 1. The van der Waals surface area contributed by atoms with Gasteiger partial charge in [0, 0.05) is 9.58 Å². The number of rotatable bonds is 1. The second-order valence-corrected chi connectivity index (χ2v) is 4.27. The average Bonchev–Trinajstić information content (AvgIpc) is 2.49. The third-order valence-electron chi connectivity index (χ3n) is 1.96. The van der Waals surface area contributed by atoms with E-state index < -0.39 is 0 Å². The number of hydrogen-bond acceptors (Lipinski definition) is 1. The van der Waals surface area contributed by atoms with Crippen LogP contribution >= 0.6 is 22.9 Å². The molecule has 0 spiro atoms. The van der Waals surface area contributed by atoms with Crippen LogP contribution in [-0.2, 0) is 5.88 Å². The summed E-state index contributed by atoms with van der Waals surface area (Å²) in [4.78, 5) is 1.25. The molecule has 12 heavy (non-hydrogen) atoms. The second kappa shape index (κ2) is 3.08. The van der Waals surface area contributed by atoms with Gasteiger partial charge >= 0.3 is 0 Å². The molecule has 0 amide bonds. The van der Waals surface area contributed by atoms with Crippen molar-refractivity contribution in [1.29, 1.82) is 0 Å². The number of benzene rings is 1. The van der Waals surface area contributed by atoms with Gasteiger partial charge in [0.2, 0.25) is 0 Å². The highest BCUT2D eigenvalue weighted by molar-refractivity contribution is 7.19. The SMILES string of the molecule is Cc1cccc2sc(CCl)cc12. The van der Waals surface area contributed by atoms with E-state index in [1.807, 2.05) is 0 Å². The summed E-state index contributed by atoms with van der Waals surface area (Å²) in [5.41, 5.74) is 1.33. The average molecular weight is 197 g/mol. The molecule has 2 heteroatoms. The fourth-order valence-electron chi connectivity index (χ4n) is 1.33. The van der Waals surface area contributed by atoms with Gasteiger partial charge in [0.1, 0.15) is 0 Å². The van der Waals surface area contributed by atoms with Crippen LogP contribution in [0.4, 0.5) is 0 Å². The van der Waals surface area contributed by atoms with Crippen molar-refractivity contribution in [2.45, 2.75) is 12.8 Å². The number of thiophene rings is 1. The first-order valence-corrected chi connectivity index (χ1v) is 5.20. The van der Waals surface area contributed by atoms with Gasteiger partial charge in [-0.1, -0.05) is 12.1 Å². The quantitative estimate of drug-likeness (QED) is 0.606. The first-order valence-electron chi connectivity index (χ1n) is 3.85. The summed E-state index contributed by atoms with van der Waals surface area (Å²) in [6.07, 6.45) is 0. The molecule has 2 aromatic rings. The minimum absolute atomic E-state index is 0.624. The molecule has 0 radical (unpaired) electrons. The summed E-state index contributed by atoms with van der Waals surface area (Å²) >= 11 is 7.54. The van der Waals surface area contributed by atoms with E-state index in [1.165, 1.54) is 20.5 Å². The molecule has 0 unspecified atom stereocenters. The van der Waals surface area contributed by atoms with E-state index in [0.717, 1.165) is 0 Å². The van der Waals surface area contributed by atoms with Crippen molar-refractivity contribution >= 4 is 33.0 Å². The largest absolute Gasteiger partial charge is 0.139 e. The first kappa shape index (κ1) is 8.09. The Labute approximate surface area is 80.8 Å². The van der Waals surface area contributed by atoms with Gasteiger partial charge in [0.05, 0.1) is 5.88 Å². The van der Waals surface area contributed by atoms with Gasteiger partial charge in [-0.25, -0.2) is 0 Å². The van der Waals surface area contributed by atoms with Gasteiger partial charge in [-0.2, -0.15) is 0 Å². The molecule has 0 aliphatic rings. The van der Waals surface area contributed by atoms with E-state index in [4.69, 9.17) is 11.6 Å². The zero-order valence-corrected chi connectivity index (χ0v) is 8.38. The molecular weight excluding hydrogens is 188 g/mol. The van der Waals surface area contributed by atoms with E-state index >= 15 is 0 Å². The lowest BCUT2D eigenvalue weighted by molar-refractivity contribution is 1.51. The van der Waals surface area contributed by atoms with Crippen LogP contribution in [0.3, 0.4) is 0 Å². The Balaban J connectivity index is 2.74. The molecule has 0 nitrogen and oxygen atoms in total. The van der Waals surface area contributed by atoms with Crippen molar-refractivity contribution in [1.82, 2.24) is 0 Å². The van der Waals surface area contributed by atoms with Gasteiger partial charge in [0.15, 0.2) is 0 Å². The zero-order chi connectivity index (χ0) is 8.55. The Morgan fingerprint density at radius 1 is 1.42 bits per heavy atom. The molecular formula is C10H9ClS. The van der Waals surface area contributed by atoms with Crippen molar-refractivity contribution < 1.29 is 0 Å². The lowest BCUT2D eigenvalue weighted by Crippen LogP contribution is -1.69. The standard InChI is InChI=1S/C10H9ClS/c1-7-3-2-4-10-9(7)5-8(6-11)12-10/h2-5H,6H2,1H3. The topological polar surface area (TPSA) is 0 Å². The molecule has 2 rings (SSSR count). The second-order valence-electron chi connectivity index (χ2n) is 2.83. The molecule has 0 N–H and O–H groups in total. The van der Waals surface area contributed by atoms with E-state index in [9.17, 15) is 0 Å². The van der Waals surface area contributed by atoms with Gasteiger partial charge in [0.25, 0.3) is 0 Å². The third-order valence-corrected chi connectivity index (χ3v) is 3.51. The van der Waals surface area contributed by atoms with Crippen molar-refractivity contribution in [3.8, 4) is 0 Å². The normalized spacial score (nSPS) is 10.8. The molecule has 0 atom stereocenters. The summed E-state index contributed by atoms with van der Waals surface area (Å²) < 4.78 is 1.34. The molecule has 1 heterocycles. The summed E-state index contributed by atoms with van der Waals surface area (Å²) in [6.45, 7) is 2.13. The molecule has 0 aliphatic carbocycles. The number of hydrogen-bond donors (Lipinski definition) is 0. The Bertz CT molecular complexity index is 403. The van der Waals surface area contributed by atoms with Crippen LogP contribution in [0.15, 0.2) is 24.3 Å². The fraction of sp³-hybridized carbons (Fsp3) is 0.200. The van der Waals surface area contributed by atoms with Crippen LogP contribution in [0.25, 0.3) is 10.1 Å². The number of halogens is 1. The first-order chi connectivity index (χ1) is 5.81. The van der Waals surface area contributed by atoms with Crippen LogP contribution in [-0.4, -0.2) is 0 Å². The molecule has 1 aromatic carbocycles. The van der Waals surface area contributed by atoms with Crippen LogP contribution in [0, 0.1) is 6.92 Å². The maximum atomic E-state index is 5.76. The van der Waals surface area contributed by atoms with Gasteiger partial charge in [-0.05, 0) is 30.0 Å². The fourth-order valence-corrected chi connectivity index (χ4v) is 2.56. The van der Waals surface area contributed by atoms with Crippen molar-refractivity contribution in [3.63, 3.8) is 0 Å². The maximum Gasteiger partial charge on any atom is 0.0568 e. The molecule has 0 aliphatic heterocycles. The smallest absolute Gasteiger partial charge is 0.0568 e. The van der Waals surface area contributed by atoms with E-state index in [0.29, 0.717) is 5.88 Å². The van der Waals surface area contributed by atoms with E-state index in [1.54, 1.807) is 11.3 Å². The van der Waals surface area contributed by atoms with Crippen LogP contribution in [0.1, 0.15) is 10.4 Å². The summed E-state index contributed by atoms with van der Waals surface area (Å²) in [5, 5.41) is 1.35. The van der Waals surface area contributed by atoms with Crippen molar-refractivity contribution in [2.75, 3.05) is 0 Å². The van der Waals surface area contributed by atoms with Crippen molar-refractivity contribution in [2.24, 2.45) is 0 Å². The van der Waals surface area contributed by atoms with Gasteiger partial charge < -0.3 is 0 Å². The predicted molar refractivity (Wildman–Crippen MR) is 56.1 cm³/mol. The molecule has 62 valence electrons. The molecule has 0 saturated carbocycles. The maximum absolute atomic E-state index is 5.76. The number of aryl methyl sites for hydroxylation is 1. The minimum atomic E-state index is 0.624. The third kappa shape index (κ3) is 1.23. The predicted octanol–water partition coefficient (Wildman–Crippen LogP) is 3.95. The highest BCUT2D eigenvalue weighted by Gasteiger charge is 2.01. The summed E-state index contributed by atoms with van der Waals surface area (Å²) in [6, 6.07) is 8.55. The van der Waals surface area contributed by atoms with Gasteiger partial charge in [-0.15, -0.1) is 22.9 Å². The highest BCUT2D eigenvalue weighted by Crippen LogP contribution is 2.28. The van der Waals surface area contributed by atoms with E-state index in [-0.39, 0.29) is 0 Å². The monoisotopic (exact) mass is 196 g/mol. The van der Waals surface area contributed by atoms with E-state index in [2.05, 4.69) is 31.2 Å². The molecule has 0 saturated heterocycles. The Kier molecular flexibility index (Phi) is 2.07. The van der Waals surface area contributed by atoms with Crippen LogP contribution in [0.2, 0.25) is 0 Å². The summed E-state index contributed by atoms with van der Waals surface area (Å²) in [7, 11) is 0. The highest BCUT2D eigenvalue weighted by atomic mass is 35.5.